The lowest BCUT2D eigenvalue weighted by atomic mass is 9.83. The molecule has 0 aliphatic heterocycles. The fourth-order valence-electron chi connectivity index (χ4n) is 2.01. The predicted octanol–water partition coefficient (Wildman–Crippen LogP) is 0.812. The number of rotatable bonds is 4. The van der Waals surface area contributed by atoms with Crippen molar-refractivity contribution in [1.82, 2.24) is 0 Å². The SMILES string of the molecule is NCC[C@H](N)C(=O)C1CCCCC1. The maximum Gasteiger partial charge on any atom is 0.152 e. The van der Waals surface area contributed by atoms with E-state index in [1.807, 2.05) is 0 Å². The van der Waals surface area contributed by atoms with E-state index in [1.165, 1.54) is 19.3 Å². The summed E-state index contributed by atoms with van der Waals surface area (Å²) in [7, 11) is 0. The zero-order valence-corrected chi connectivity index (χ0v) is 8.17. The van der Waals surface area contributed by atoms with Crippen molar-refractivity contribution in [1.29, 1.82) is 0 Å². The van der Waals surface area contributed by atoms with Crippen LogP contribution < -0.4 is 11.5 Å². The van der Waals surface area contributed by atoms with Crippen LogP contribution in [0.3, 0.4) is 0 Å². The standard InChI is InChI=1S/C10H20N2O/c11-7-6-9(12)10(13)8-4-2-1-3-5-8/h8-9H,1-7,11-12H2/t9-/m0/s1. The summed E-state index contributed by atoms with van der Waals surface area (Å²) in [5, 5.41) is 0. The molecule has 0 radical (unpaired) electrons. The van der Waals surface area contributed by atoms with Crippen molar-refractivity contribution in [2.75, 3.05) is 6.54 Å². The molecule has 1 saturated carbocycles. The second-order valence-corrected chi connectivity index (χ2v) is 3.92. The van der Waals surface area contributed by atoms with E-state index in [9.17, 15) is 4.79 Å². The quantitative estimate of drug-likeness (QED) is 0.679. The van der Waals surface area contributed by atoms with Crippen molar-refractivity contribution < 1.29 is 4.79 Å². The molecule has 3 nitrogen and oxygen atoms in total. The first-order chi connectivity index (χ1) is 6.25. The molecule has 0 amide bonds. The van der Waals surface area contributed by atoms with Gasteiger partial charge in [0.05, 0.1) is 6.04 Å². The number of hydrogen-bond acceptors (Lipinski definition) is 3. The summed E-state index contributed by atoms with van der Waals surface area (Å²) in [5.41, 5.74) is 11.1. The largest absolute Gasteiger partial charge is 0.330 e. The van der Waals surface area contributed by atoms with Crippen LogP contribution >= 0.6 is 0 Å². The molecule has 1 aliphatic rings. The van der Waals surface area contributed by atoms with Gasteiger partial charge in [0.15, 0.2) is 5.78 Å². The Labute approximate surface area is 79.9 Å². The lowest BCUT2D eigenvalue weighted by Gasteiger charge is -2.22. The van der Waals surface area contributed by atoms with E-state index >= 15 is 0 Å². The molecule has 0 bridgehead atoms. The number of carbonyl (C=O) groups excluding carboxylic acids is 1. The molecule has 3 heteroatoms. The summed E-state index contributed by atoms with van der Waals surface area (Å²) < 4.78 is 0. The topological polar surface area (TPSA) is 69.1 Å². The lowest BCUT2D eigenvalue weighted by molar-refractivity contribution is -0.125. The van der Waals surface area contributed by atoms with Crippen molar-refractivity contribution in [3.8, 4) is 0 Å². The van der Waals surface area contributed by atoms with Crippen LogP contribution in [0.5, 0.6) is 0 Å². The first-order valence-corrected chi connectivity index (χ1v) is 5.25. The summed E-state index contributed by atoms with van der Waals surface area (Å²) in [6.07, 6.45) is 6.36. The Morgan fingerprint density at radius 1 is 1.31 bits per heavy atom. The maximum absolute atomic E-state index is 11.7. The molecule has 0 aromatic rings. The van der Waals surface area contributed by atoms with Crippen molar-refractivity contribution in [3.05, 3.63) is 0 Å². The smallest absolute Gasteiger partial charge is 0.152 e. The molecule has 0 unspecified atom stereocenters. The normalized spacial score (nSPS) is 21.4. The van der Waals surface area contributed by atoms with Crippen LogP contribution in [0.15, 0.2) is 0 Å². The molecule has 1 fully saturated rings. The Kier molecular flexibility index (Phi) is 4.39. The number of nitrogens with two attached hydrogens (primary N) is 2. The van der Waals surface area contributed by atoms with Gasteiger partial charge < -0.3 is 11.5 Å². The minimum Gasteiger partial charge on any atom is -0.330 e. The van der Waals surface area contributed by atoms with Gasteiger partial charge in [-0.3, -0.25) is 4.79 Å². The van der Waals surface area contributed by atoms with Gasteiger partial charge in [0.25, 0.3) is 0 Å². The summed E-state index contributed by atoms with van der Waals surface area (Å²) in [6.45, 7) is 0.514. The highest BCUT2D eigenvalue weighted by atomic mass is 16.1. The fourth-order valence-corrected chi connectivity index (χ4v) is 2.01. The summed E-state index contributed by atoms with van der Waals surface area (Å²) in [4.78, 5) is 11.7. The van der Waals surface area contributed by atoms with Crippen LogP contribution in [0.1, 0.15) is 38.5 Å². The first kappa shape index (κ1) is 10.7. The van der Waals surface area contributed by atoms with E-state index in [4.69, 9.17) is 11.5 Å². The van der Waals surface area contributed by atoms with Gasteiger partial charge in [-0.1, -0.05) is 19.3 Å². The highest BCUT2D eigenvalue weighted by Gasteiger charge is 2.24. The predicted molar refractivity (Wildman–Crippen MR) is 53.2 cm³/mol. The minimum absolute atomic E-state index is 0.232. The second-order valence-electron chi connectivity index (χ2n) is 3.92. The van der Waals surface area contributed by atoms with Crippen LogP contribution in [-0.4, -0.2) is 18.4 Å². The zero-order valence-electron chi connectivity index (χ0n) is 8.17. The Bertz CT molecular complexity index is 164. The third-order valence-corrected chi connectivity index (χ3v) is 2.85. The Morgan fingerprint density at radius 3 is 2.46 bits per heavy atom. The number of carbonyl (C=O) groups is 1. The van der Waals surface area contributed by atoms with Crippen molar-refractivity contribution in [2.24, 2.45) is 17.4 Å². The molecule has 1 aliphatic carbocycles. The van der Waals surface area contributed by atoms with Gasteiger partial charge in [0, 0.05) is 5.92 Å². The number of ketones is 1. The van der Waals surface area contributed by atoms with Gasteiger partial charge in [-0.25, -0.2) is 0 Å². The van der Waals surface area contributed by atoms with E-state index in [0.29, 0.717) is 13.0 Å². The van der Waals surface area contributed by atoms with E-state index < -0.39 is 0 Å². The van der Waals surface area contributed by atoms with Gasteiger partial charge in [-0.15, -0.1) is 0 Å². The van der Waals surface area contributed by atoms with E-state index in [2.05, 4.69) is 0 Å². The van der Waals surface area contributed by atoms with Crippen LogP contribution in [0.2, 0.25) is 0 Å². The summed E-state index contributed by atoms with van der Waals surface area (Å²) >= 11 is 0. The molecule has 4 N–H and O–H groups in total. The summed E-state index contributed by atoms with van der Waals surface area (Å²) in [6, 6.07) is -0.312. The molecular weight excluding hydrogens is 164 g/mol. The average Bonchev–Trinajstić information content (AvgIpc) is 2.18. The van der Waals surface area contributed by atoms with E-state index in [0.717, 1.165) is 12.8 Å². The van der Waals surface area contributed by atoms with Crippen molar-refractivity contribution >= 4 is 5.78 Å². The minimum atomic E-state index is -0.312. The third-order valence-electron chi connectivity index (χ3n) is 2.85. The molecule has 13 heavy (non-hydrogen) atoms. The van der Waals surface area contributed by atoms with Crippen LogP contribution in [0.25, 0.3) is 0 Å². The molecule has 0 aromatic heterocycles. The Hall–Kier alpha value is -0.410. The molecule has 76 valence electrons. The van der Waals surface area contributed by atoms with Gasteiger partial charge in [-0.2, -0.15) is 0 Å². The Morgan fingerprint density at radius 2 is 1.92 bits per heavy atom. The van der Waals surface area contributed by atoms with Crippen molar-refractivity contribution in [2.45, 2.75) is 44.6 Å². The first-order valence-electron chi connectivity index (χ1n) is 5.25. The highest BCUT2D eigenvalue weighted by molar-refractivity contribution is 5.86. The van der Waals surface area contributed by atoms with Crippen molar-refractivity contribution in [3.63, 3.8) is 0 Å². The summed E-state index contributed by atoms with van der Waals surface area (Å²) in [5.74, 6) is 0.473. The zero-order chi connectivity index (χ0) is 9.68. The second kappa shape index (κ2) is 5.35. The number of Topliss-reactive ketones (excluding diaryl/α,β-unsaturated/α-hetero) is 1. The molecule has 1 atom stereocenters. The van der Waals surface area contributed by atoms with Gasteiger partial charge in [0.1, 0.15) is 0 Å². The third kappa shape index (κ3) is 3.08. The molecule has 0 spiro atoms. The molecule has 0 aromatic carbocycles. The fraction of sp³-hybridized carbons (Fsp3) is 0.900. The average molecular weight is 184 g/mol. The van der Waals surface area contributed by atoms with Gasteiger partial charge >= 0.3 is 0 Å². The van der Waals surface area contributed by atoms with Gasteiger partial charge in [0.2, 0.25) is 0 Å². The van der Waals surface area contributed by atoms with Crippen LogP contribution in [0, 0.1) is 5.92 Å². The monoisotopic (exact) mass is 184 g/mol. The molecule has 0 heterocycles. The highest BCUT2D eigenvalue weighted by Crippen LogP contribution is 2.25. The van der Waals surface area contributed by atoms with Crippen LogP contribution in [-0.2, 0) is 4.79 Å². The molecule has 1 rings (SSSR count). The van der Waals surface area contributed by atoms with E-state index in [-0.39, 0.29) is 17.7 Å². The lowest BCUT2D eigenvalue weighted by Crippen LogP contribution is -2.37. The molecular formula is C10H20N2O. The van der Waals surface area contributed by atoms with Gasteiger partial charge in [-0.05, 0) is 25.8 Å². The maximum atomic E-state index is 11.7. The molecule has 0 saturated heterocycles. The van der Waals surface area contributed by atoms with Crippen LogP contribution in [0.4, 0.5) is 0 Å². The van der Waals surface area contributed by atoms with E-state index in [1.54, 1.807) is 0 Å². The Balaban J connectivity index is 2.36. The number of hydrogen-bond donors (Lipinski definition) is 2.